The van der Waals surface area contributed by atoms with Gasteiger partial charge in [0.15, 0.2) is 9.84 Å². The van der Waals surface area contributed by atoms with Crippen LogP contribution in [-0.4, -0.2) is 37.9 Å². The molecular formula is C13H18N2O3S. The maximum atomic E-state index is 11.9. The van der Waals surface area contributed by atoms with Crippen LogP contribution in [0.5, 0.6) is 0 Å². The molecule has 1 fully saturated rings. The number of carbonyl (C=O) groups excluding carboxylic acids is 1. The van der Waals surface area contributed by atoms with Crippen molar-refractivity contribution in [1.29, 1.82) is 0 Å². The number of nitrogens with two attached hydrogens (primary N) is 1. The Morgan fingerprint density at radius 2 is 2.05 bits per heavy atom. The summed E-state index contributed by atoms with van der Waals surface area (Å²) in [5.74, 6) is -0.117. The number of nitrogens with one attached hydrogen (secondary N) is 1. The van der Waals surface area contributed by atoms with Gasteiger partial charge in [0.25, 0.3) is 0 Å². The van der Waals surface area contributed by atoms with Crippen molar-refractivity contribution in [2.24, 2.45) is 5.73 Å². The molecule has 2 rings (SSSR count). The van der Waals surface area contributed by atoms with Crippen LogP contribution < -0.4 is 11.1 Å². The van der Waals surface area contributed by atoms with E-state index >= 15 is 0 Å². The second-order valence-electron chi connectivity index (χ2n) is 4.90. The van der Waals surface area contributed by atoms with E-state index in [0.717, 1.165) is 5.56 Å². The third kappa shape index (κ3) is 4.04. The van der Waals surface area contributed by atoms with Gasteiger partial charge in [-0.2, -0.15) is 0 Å². The molecule has 1 aliphatic rings. The van der Waals surface area contributed by atoms with Crippen molar-refractivity contribution in [3.8, 4) is 0 Å². The largest absolute Gasteiger partial charge is 0.351 e. The molecule has 0 spiro atoms. The molecule has 3 N–H and O–H groups in total. The molecule has 1 aromatic rings. The molecule has 0 radical (unpaired) electrons. The highest BCUT2D eigenvalue weighted by Gasteiger charge is 2.29. The lowest BCUT2D eigenvalue weighted by molar-refractivity contribution is -0.122. The van der Waals surface area contributed by atoms with Gasteiger partial charge in [-0.3, -0.25) is 4.79 Å². The van der Waals surface area contributed by atoms with E-state index in [-0.39, 0.29) is 23.5 Å². The fourth-order valence-electron chi connectivity index (χ4n) is 2.18. The minimum atomic E-state index is -2.98. The monoisotopic (exact) mass is 282 g/mol. The van der Waals surface area contributed by atoms with E-state index in [9.17, 15) is 13.2 Å². The minimum Gasteiger partial charge on any atom is -0.351 e. The van der Waals surface area contributed by atoms with E-state index in [1.165, 1.54) is 0 Å². The molecule has 2 atom stereocenters. The number of benzene rings is 1. The van der Waals surface area contributed by atoms with Gasteiger partial charge in [0, 0.05) is 6.04 Å². The van der Waals surface area contributed by atoms with Crippen LogP contribution in [0.25, 0.3) is 0 Å². The molecule has 6 heteroatoms. The predicted octanol–water partition coefficient (Wildman–Crippen LogP) is -0.140. The van der Waals surface area contributed by atoms with Crippen molar-refractivity contribution in [3.05, 3.63) is 35.9 Å². The highest BCUT2D eigenvalue weighted by Crippen LogP contribution is 2.11. The molecule has 5 nitrogen and oxygen atoms in total. The van der Waals surface area contributed by atoms with Crippen LogP contribution >= 0.6 is 0 Å². The fraction of sp³-hybridized carbons (Fsp3) is 0.462. The van der Waals surface area contributed by atoms with Crippen LogP contribution in [-0.2, 0) is 21.1 Å². The zero-order chi connectivity index (χ0) is 13.9. The zero-order valence-corrected chi connectivity index (χ0v) is 11.4. The van der Waals surface area contributed by atoms with Crippen molar-refractivity contribution in [3.63, 3.8) is 0 Å². The molecule has 1 heterocycles. The molecule has 0 aromatic heterocycles. The summed E-state index contributed by atoms with van der Waals surface area (Å²) in [6, 6.07) is 8.57. The number of amides is 1. The Bertz CT molecular complexity index is 542. The summed E-state index contributed by atoms with van der Waals surface area (Å²) in [6.45, 7) is 0. The SMILES string of the molecule is N[C@@H](Cc1ccccc1)C(=O)NC1CCS(=O)(=O)C1. The van der Waals surface area contributed by atoms with Gasteiger partial charge < -0.3 is 11.1 Å². The van der Waals surface area contributed by atoms with E-state index < -0.39 is 15.9 Å². The Balaban J connectivity index is 1.86. The maximum Gasteiger partial charge on any atom is 0.237 e. The number of rotatable bonds is 4. The standard InChI is InChI=1S/C13H18N2O3S/c14-12(8-10-4-2-1-3-5-10)13(16)15-11-6-7-19(17,18)9-11/h1-5,11-12H,6-9,14H2,(H,15,16)/t11?,12-/m0/s1. The van der Waals surface area contributed by atoms with Crippen LogP contribution in [0.4, 0.5) is 0 Å². The molecule has 1 amide bonds. The van der Waals surface area contributed by atoms with Gasteiger partial charge in [0.2, 0.25) is 5.91 Å². The van der Waals surface area contributed by atoms with E-state index in [1.54, 1.807) is 0 Å². The first-order valence-electron chi connectivity index (χ1n) is 6.26. The van der Waals surface area contributed by atoms with Gasteiger partial charge in [-0.15, -0.1) is 0 Å². The van der Waals surface area contributed by atoms with E-state index in [2.05, 4.69) is 5.32 Å². The van der Waals surface area contributed by atoms with Crippen LogP contribution in [0.15, 0.2) is 30.3 Å². The van der Waals surface area contributed by atoms with Gasteiger partial charge in [0.1, 0.15) is 0 Å². The van der Waals surface area contributed by atoms with Gasteiger partial charge >= 0.3 is 0 Å². The summed E-state index contributed by atoms with van der Waals surface area (Å²) in [5.41, 5.74) is 6.82. The van der Waals surface area contributed by atoms with Crippen molar-refractivity contribution < 1.29 is 13.2 Å². The average molecular weight is 282 g/mol. The lowest BCUT2D eigenvalue weighted by Gasteiger charge is -2.15. The second kappa shape index (κ2) is 5.71. The lowest BCUT2D eigenvalue weighted by atomic mass is 10.1. The highest BCUT2D eigenvalue weighted by molar-refractivity contribution is 7.91. The first-order chi connectivity index (χ1) is 8.96. The Hall–Kier alpha value is -1.40. The molecule has 19 heavy (non-hydrogen) atoms. The molecule has 0 bridgehead atoms. The average Bonchev–Trinajstić information content (AvgIpc) is 2.70. The number of hydrogen-bond donors (Lipinski definition) is 2. The molecular weight excluding hydrogens is 264 g/mol. The summed E-state index contributed by atoms with van der Waals surface area (Å²) >= 11 is 0. The first kappa shape index (κ1) is 14.0. The van der Waals surface area contributed by atoms with Crippen LogP contribution in [0, 0.1) is 0 Å². The Kier molecular flexibility index (Phi) is 4.21. The number of hydrogen-bond acceptors (Lipinski definition) is 4. The van der Waals surface area contributed by atoms with Crippen molar-refractivity contribution in [2.75, 3.05) is 11.5 Å². The first-order valence-corrected chi connectivity index (χ1v) is 8.09. The summed E-state index contributed by atoms with van der Waals surface area (Å²) in [5, 5.41) is 2.71. The summed E-state index contributed by atoms with van der Waals surface area (Å²) in [6.07, 6.45) is 0.929. The third-order valence-corrected chi connectivity index (χ3v) is 4.98. The summed E-state index contributed by atoms with van der Waals surface area (Å²) in [7, 11) is -2.98. The second-order valence-corrected chi connectivity index (χ2v) is 7.13. The Morgan fingerprint density at radius 3 is 2.63 bits per heavy atom. The van der Waals surface area contributed by atoms with E-state index in [1.807, 2.05) is 30.3 Å². The quantitative estimate of drug-likeness (QED) is 0.804. The van der Waals surface area contributed by atoms with Gasteiger partial charge in [0.05, 0.1) is 17.5 Å². The summed E-state index contributed by atoms with van der Waals surface area (Å²) in [4.78, 5) is 11.9. The molecule has 1 saturated heterocycles. The predicted molar refractivity (Wildman–Crippen MR) is 73.3 cm³/mol. The van der Waals surface area contributed by atoms with Crippen LogP contribution in [0.1, 0.15) is 12.0 Å². The molecule has 104 valence electrons. The third-order valence-electron chi connectivity index (χ3n) is 3.21. The molecule has 1 aliphatic heterocycles. The summed E-state index contributed by atoms with van der Waals surface area (Å²) < 4.78 is 22.6. The van der Waals surface area contributed by atoms with E-state index in [0.29, 0.717) is 12.8 Å². The topological polar surface area (TPSA) is 89.3 Å². The minimum absolute atomic E-state index is 0.0246. The van der Waals surface area contributed by atoms with Gasteiger partial charge in [-0.1, -0.05) is 30.3 Å². The van der Waals surface area contributed by atoms with Crippen LogP contribution in [0.2, 0.25) is 0 Å². The Morgan fingerprint density at radius 1 is 1.37 bits per heavy atom. The van der Waals surface area contributed by atoms with Crippen molar-refractivity contribution >= 4 is 15.7 Å². The number of carbonyl (C=O) groups is 1. The molecule has 1 aromatic carbocycles. The fourth-order valence-corrected chi connectivity index (χ4v) is 3.85. The Labute approximate surface area is 113 Å². The van der Waals surface area contributed by atoms with E-state index in [4.69, 9.17) is 5.73 Å². The zero-order valence-electron chi connectivity index (χ0n) is 10.6. The normalized spacial score (nSPS) is 22.9. The van der Waals surface area contributed by atoms with Gasteiger partial charge in [-0.25, -0.2) is 8.42 Å². The van der Waals surface area contributed by atoms with Gasteiger partial charge in [-0.05, 0) is 18.4 Å². The van der Waals surface area contributed by atoms with Crippen molar-refractivity contribution in [2.45, 2.75) is 24.9 Å². The molecule has 1 unspecified atom stereocenters. The molecule has 0 saturated carbocycles. The smallest absolute Gasteiger partial charge is 0.237 e. The molecule has 0 aliphatic carbocycles. The number of sulfone groups is 1. The van der Waals surface area contributed by atoms with Crippen LogP contribution in [0.3, 0.4) is 0 Å². The lowest BCUT2D eigenvalue weighted by Crippen LogP contribution is -2.46. The highest BCUT2D eigenvalue weighted by atomic mass is 32.2. The van der Waals surface area contributed by atoms with Crippen molar-refractivity contribution in [1.82, 2.24) is 5.32 Å². The maximum absolute atomic E-state index is 11.9.